The number of halogens is 1. The molecule has 0 saturated heterocycles. The van der Waals surface area contributed by atoms with E-state index in [0.717, 1.165) is 0 Å². The van der Waals surface area contributed by atoms with Crippen molar-refractivity contribution in [2.24, 2.45) is 5.73 Å². The maximum atomic E-state index is 12.0. The lowest BCUT2D eigenvalue weighted by atomic mass is 10.1. The van der Waals surface area contributed by atoms with Crippen LogP contribution in [0, 0.1) is 0 Å². The summed E-state index contributed by atoms with van der Waals surface area (Å²) in [7, 11) is 0. The third-order valence-electron chi connectivity index (χ3n) is 3.06. The van der Waals surface area contributed by atoms with E-state index in [1.807, 2.05) is 4.98 Å². The van der Waals surface area contributed by atoms with Crippen molar-refractivity contribution in [3.63, 3.8) is 0 Å². The van der Waals surface area contributed by atoms with Crippen LogP contribution in [0.3, 0.4) is 0 Å². The van der Waals surface area contributed by atoms with Gasteiger partial charge in [-0.2, -0.15) is 0 Å². The van der Waals surface area contributed by atoms with Gasteiger partial charge in [-0.3, -0.25) is 19.1 Å². The molecule has 0 spiro atoms. The van der Waals surface area contributed by atoms with E-state index < -0.39 is 29.1 Å². The highest BCUT2D eigenvalue weighted by molar-refractivity contribution is 6.33. The molecule has 7 nitrogen and oxygen atoms in total. The van der Waals surface area contributed by atoms with Crippen LogP contribution in [0.4, 0.5) is 0 Å². The summed E-state index contributed by atoms with van der Waals surface area (Å²) in [5.74, 6) is -1.49. The number of primary amides is 1. The van der Waals surface area contributed by atoms with Crippen molar-refractivity contribution < 1.29 is 9.90 Å². The molecular weight excluding hydrogens is 298 g/mol. The van der Waals surface area contributed by atoms with Gasteiger partial charge in [0, 0.05) is 10.6 Å². The Bertz CT molecular complexity index is 825. The largest absolute Gasteiger partial charge is 0.494 e. The van der Waals surface area contributed by atoms with E-state index >= 15 is 0 Å². The molecule has 2 aromatic rings. The predicted molar refractivity (Wildman–Crippen MR) is 77.3 cm³/mol. The van der Waals surface area contributed by atoms with Crippen LogP contribution < -0.4 is 17.0 Å². The lowest BCUT2D eigenvalue weighted by Crippen LogP contribution is -2.37. The third kappa shape index (κ3) is 2.55. The van der Waals surface area contributed by atoms with E-state index in [9.17, 15) is 19.5 Å². The van der Waals surface area contributed by atoms with Gasteiger partial charge in [-0.15, -0.1) is 0 Å². The molecule has 0 aliphatic carbocycles. The summed E-state index contributed by atoms with van der Waals surface area (Å²) >= 11 is 5.99. The maximum Gasteiger partial charge on any atom is 0.331 e. The fraction of sp³-hybridized carbons (Fsp3) is 0.154. The van der Waals surface area contributed by atoms with Gasteiger partial charge in [0.15, 0.2) is 0 Å². The number of nitrogens with zero attached hydrogens (tertiary/aromatic N) is 1. The maximum absolute atomic E-state index is 12.0. The van der Waals surface area contributed by atoms with Crippen LogP contribution in [0.25, 0.3) is 11.1 Å². The van der Waals surface area contributed by atoms with Gasteiger partial charge in [0.2, 0.25) is 11.8 Å². The molecule has 1 heterocycles. The molecule has 4 N–H and O–H groups in total. The smallest absolute Gasteiger partial charge is 0.331 e. The van der Waals surface area contributed by atoms with E-state index in [2.05, 4.69) is 0 Å². The van der Waals surface area contributed by atoms with E-state index in [0.29, 0.717) is 4.57 Å². The number of aromatic hydroxyl groups is 1. The second-order valence-corrected chi connectivity index (χ2v) is 4.79. The van der Waals surface area contributed by atoms with Crippen LogP contribution in [0.15, 0.2) is 33.9 Å². The Kier molecular flexibility index (Phi) is 3.86. The summed E-state index contributed by atoms with van der Waals surface area (Å²) in [6.45, 7) is 1.33. The topological polar surface area (TPSA) is 118 Å². The summed E-state index contributed by atoms with van der Waals surface area (Å²) in [6, 6.07) is 5.18. The number of amides is 1. The fourth-order valence-electron chi connectivity index (χ4n) is 1.93. The molecule has 110 valence electrons. The van der Waals surface area contributed by atoms with Crippen LogP contribution >= 0.6 is 11.6 Å². The van der Waals surface area contributed by atoms with Gasteiger partial charge in [-0.25, -0.2) is 4.79 Å². The normalized spacial score (nSPS) is 12.1. The zero-order valence-electron chi connectivity index (χ0n) is 11.0. The lowest BCUT2D eigenvalue weighted by molar-refractivity contribution is -0.120. The minimum atomic E-state index is -1.13. The van der Waals surface area contributed by atoms with E-state index in [4.69, 9.17) is 17.3 Å². The average molecular weight is 310 g/mol. The highest BCUT2D eigenvalue weighted by Crippen LogP contribution is 2.31. The van der Waals surface area contributed by atoms with Crippen molar-refractivity contribution in [1.29, 1.82) is 0 Å². The first-order valence-corrected chi connectivity index (χ1v) is 6.34. The van der Waals surface area contributed by atoms with E-state index in [-0.39, 0.29) is 16.1 Å². The Balaban J connectivity index is 2.84. The Morgan fingerprint density at radius 2 is 2.00 bits per heavy atom. The molecule has 21 heavy (non-hydrogen) atoms. The van der Waals surface area contributed by atoms with Crippen molar-refractivity contribution in [3.8, 4) is 17.0 Å². The lowest BCUT2D eigenvalue weighted by Gasteiger charge is -2.15. The van der Waals surface area contributed by atoms with Crippen molar-refractivity contribution in [1.82, 2.24) is 9.55 Å². The minimum absolute atomic E-state index is 0.201. The molecule has 1 atom stereocenters. The molecule has 1 amide bonds. The number of benzene rings is 1. The minimum Gasteiger partial charge on any atom is -0.494 e. The number of carbonyl (C=O) groups is 1. The molecular formula is C13H12ClN3O4. The Labute approximate surface area is 123 Å². The molecule has 0 fully saturated rings. The van der Waals surface area contributed by atoms with Crippen LogP contribution in [0.2, 0.25) is 5.02 Å². The molecule has 1 unspecified atom stereocenters. The van der Waals surface area contributed by atoms with Crippen molar-refractivity contribution in [3.05, 3.63) is 50.1 Å². The van der Waals surface area contributed by atoms with Gasteiger partial charge in [0.25, 0.3) is 5.56 Å². The van der Waals surface area contributed by atoms with Crippen LogP contribution in [-0.4, -0.2) is 20.6 Å². The summed E-state index contributed by atoms with van der Waals surface area (Å²) in [4.78, 5) is 37.0. The SMILES string of the molecule is CC(C(N)=O)n1c(O)c(-c2ccccc2Cl)c(=O)[nH]c1=O. The van der Waals surface area contributed by atoms with Gasteiger partial charge in [0.05, 0.1) is 0 Å². The molecule has 0 saturated carbocycles. The number of nitrogens with two attached hydrogens (primary N) is 1. The standard InChI is InChI=1S/C13H12ClN3O4/c1-6(10(15)18)17-12(20)9(11(19)16-13(17)21)7-4-2-3-5-8(7)14/h2-6,20H,1H3,(H2,15,18)(H,16,19,21). The van der Waals surface area contributed by atoms with Gasteiger partial charge < -0.3 is 10.8 Å². The Morgan fingerprint density at radius 1 is 1.38 bits per heavy atom. The molecule has 0 bridgehead atoms. The zero-order chi connectivity index (χ0) is 15.7. The van der Waals surface area contributed by atoms with Crippen LogP contribution in [0.1, 0.15) is 13.0 Å². The first kappa shape index (κ1) is 14.9. The summed E-state index contributed by atoms with van der Waals surface area (Å²) in [6.07, 6.45) is 0. The van der Waals surface area contributed by atoms with Gasteiger partial charge in [0.1, 0.15) is 11.6 Å². The molecule has 0 aliphatic heterocycles. The molecule has 1 aromatic heterocycles. The monoisotopic (exact) mass is 309 g/mol. The molecule has 0 aliphatic rings. The number of carbonyl (C=O) groups excluding carboxylic acids is 1. The predicted octanol–water partition coefficient (Wildman–Crippen LogP) is 0.609. The Hall–Kier alpha value is -2.54. The van der Waals surface area contributed by atoms with Crippen LogP contribution in [0.5, 0.6) is 5.88 Å². The highest BCUT2D eigenvalue weighted by Gasteiger charge is 2.23. The number of hydrogen-bond donors (Lipinski definition) is 3. The van der Waals surface area contributed by atoms with Crippen molar-refractivity contribution in [2.45, 2.75) is 13.0 Å². The molecule has 8 heteroatoms. The second kappa shape index (κ2) is 5.45. The number of H-pyrrole nitrogens is 1. The van der Waals surface area contributed by atoms with E-state index in [1.54, 1.807) is 12.1 Å². The first-order valence-electron chi connectivity index (χ1n) is 5.96. The number of aromatic amines is 1. The quantitative estimate of drug-likeness (QED) is 0.769. The first-order chi connectivity index (χ1) is 9.84. The van der Waals surface area contributed by atoms with Gasteiger partial charge >= 0.3 is 5.69 Å². The number of rotatable bonds is 3. The summed E-state index contributed by atoms with van der Waals surface area (Å²) < 4.78 is 0.711. The molecule has 2 rings (SSSR count). The van der Waals surface area contributed by atoms with Gasteiger partial charge in [-0.1, -0.05) is 29.8 Å². The second-order valence-electron chi connectivity index (χ2n) is 4.39. The average Bonchev–Trinajstić information content (AvgIpc) is 2.40. The number of hydrogen-bond acceptors (Lipinski definition) is 4. The van der Waals surface area contributed by atoms with Crippen molar-refractivity contribution >= 4 is 17.5 Å². The van der Waals surface area contributed by atoms with Crippen LogP contribution in [-0.2, 0) is 4.79 Å². The van der Waals surface area contributed by atoms with Gasteiger partial charge in [-0.05, 0) is 13.0 Å². The van der Waals surface area contributed by atoms with E-state index in [1.165, 1.54) is 19.1 Å². The third-order valence-corrected chi connectivity index (χ3v) is 3.39. The number of aromatic nitrogens is 2. The molecule has 0 radical (unpaired) electrons. The summed E-state index contributed by atoms with van der Waals surface area (Å²) in [5, 5.41) is 10.4. The fourth-order valence-corrected chi connectivity index (χ4v) is 2.16. The van der Waals surface area contributed by atoms with Crippen molar-refractivity contribution in [2.75, 3.05) is 0 Å². The Morgan fingerprint density at radius 3 is 2.57 bits per heavy atom. The summed E-state index contributed by atoms with van der Waals surface area (Å²) in [5.41, 5.74) is 3.44. The number of nitrogens with one attached hydrogen (secondary N) is 1. The highest BCUT2D eigenvalue weighted by atomic mass is 35.5. The molecule has 1 aromatic carbocycles. The zero-order valence-corrected chi connectivity index (χ0v) is 11.7.